The van der Waals surface area contributed by atoms with Crippen molar-refractivity contribution < 1.29 is 0 Å². The summed E-state index contributed by atoms with van der Waals surface area (Å²) in [6.07, 6.45) is 11.5. The largest absolute Gasteiger partial charge is 0.322 e. The van der Waals surface area contributed by atoms with E-state index < -0.39 is 0 Å². The van der Waals surface area contributed by atoms with Crippen LogP contribution in [0.2, 0.25) is 0 Å². The summed E-state index contributed by atoms with van der Waals surface area (Å²) < 4.78 is 4.17. The lowest BCUT2D eigenvalue weighted by Crippen LogP contribution is -2.07. The van der Waals surface area contributed by atoms with Gasteiger partial charge in [-0.1, -0.05) is 18.9 Å². The fourth-order valence-corrected chi connectivity index (χ4v) is 3.46. The molecule has 130 valence electrons. The van der Waals surface area contributed by atoms with Gasteiger partial charge >= 0.3 is 0 Å². The molecule has 1 fully saturated rings. The molecule has 1 saturated carbocycles. The molecule has 0 aromatic carbocycles. The van der Waals surface area contributed by atoms with Crippen LogP contribution in [0, 0.1) is 0 Å². The lowest BCUT2D eigenvalue weighted by Gasteiger charge is -2.09. The molecule has 25 heavy (non-hydrogen) atoms. The molecule has 0 saturated heterocycles. The van der Waals surface area contributed by atoms with Gasteiger partial charge < -0.3 is 5.32 Å². The first-order chi connectivity index (χ1) is 12.3. The smallest absolute Gasteiger partial charge is 0.229 e. The summed E-state index contributed by atoms with van der Waals surface area (Å²) in [5.74, 6) is 1.66. The number of nitrogens with one attached hydrogen (secondary N) is 1. The van der Waals surface area contributed by atoms with Gasteiger partial charge in [0.15, 0.2) is 0 Å². The van der Waals surface area contributed by atoms with Crippen molar-refractivity contribution in [1.82, 2.24) is 29.5 Å². The van der Waals surface area contributed by atoms with Crippen molar-refractivity contribution in [2.45, 2.75) is 51.6 Å². The quantitative estimate of drug-likeness (QED) is 0.747. The predicted octanol–water partition coefficient (Wildman–Crippen LogP) is 3.34. The molecule has 3 aromatic heterocycles. The van der Waals surface area contributed by atoms with Crippen LogP contribution in [0.15, 0.2) is 36.8 Å². The SMILES string of the molecule is CCn1c(Cc2ccccn2)nnc1Nc1cnn(C2CCCC2)c1. The average molecular weight is 337 g/mol. The van der Waals surface area contributed by atoms with Crippen LogP contribution in [-0.4, -0.2) is 29.5 Å². The summed E-state index contributed by atoms with van der Waals surface area (Å²) in [7, 11) is 0. The van der Waals surface area contributed by atoms with E-state index in [4.69, 9.17) is 0 Å². The first kappa shape index (κ1) is 15.8. The van der Waals surface area contributed by atoms with Crippen LogP contribution in [0.3, 0.4) is 0 Å². The van der Waals surface area contributed by atoms with Crippen LogP contribution in [0.25, 0.3) is 0 Å². The van der Waals surface area contributed by atoms with Crippen molar-refractivity contribution in [3.8, 4) is 0 Å². The fourth-order valence-electron chi connectivity index (χ4n) is 3.46. The van der Waals surface area contributed by atoms with E-state index in [9.17, 15) is 0 Å². The molecular weight excluding hydrogens is 314 g/mol. The van der Waals surface area contributed by atoms with Gasteiger partial charge in [-0.05, 0) is 31.9 Å². The Labute approximate surface area is 147 Å². The van der Waals surface area contributed by atoms with E-state index >= 15 is 0 Å². The Morgan fingerprint density at radius 3 is 2.84 bits per heavy atom. The minimum atomic E-state index is 0.541. The van der Waals surface area contributed by atoms with E-state index in [2.05, 4.69) is 48.0 Å². The zero-order valence-electron chi connectivity index (χ0n) is 14.5. The minimum absolute atomic E-state index is 0.541. The Hall–Kier alpha value is -2.70. The Morgan fingerprint density at radius 2 is 2.08 bits per heavy atom. The van der Waals surface area contributed by atoms with Gasteiger partial charge in [0, 0.05) is 24.6 Å². The van der Waals surface area contributed by atoms with Crippen LogP contribution < -0.4 is 5.32 Å². The number of rotatable bonds is 6. The molecule has 0 aliphatic heterocycles. The second kappa shape index (κ2) is 7.04. The van der Waals surface area contributed by atoms with Crippen molar-refractivity contribution >= 4 is 11.6 Å². The molecule has 3 aromatic rings. The number of nitrogens with zero attached hydrogens (tertiary/aromatic N) is 6. The normalized spacial score (nSPS) is 14.9. The van der Waals surface area contributed by atoms with Gasteiger partial charge in [-0.3, -0.25) is 14.2 Å². The Bertz CT molecular complexity index is 815. The predicted molar refractivity (Wildman–Crippen MR) is 95.8 cm³/mol. The monoisotopic (exact) mass is 337 g/mol. The van der Waals surface area contributed by atoms with E-state index in [0.29, 0.717) is 12.5 Å². The van der Waals surface area contributed by atoms with Gasteiger partial charge in [0.25, 0.3) is 0 Å². The van der Waals surface area contributed by atoms with Crippen molar-refractivity contribution in [3.63, 3.8) is 0 Å². The fraction of sp³-hybridized carbons (Fsp3) is 0.444. The summed E-state index contributed by atoms with van der Waals surface area (Å²) in [4.78, 5) is 4.38. The maximum Gasteiger partial charge on any atom is 0.229 e. The molecule has 0 radical (unpaired) electrons. The molecule has 4 rings (SSSR count). The third-order valence-corrected chi connectivity index (χ3v) is 4.77. The lowest BCUT2D eigenvalue weighted by molar-refractivity contribution is 0.467. The maximum atomic E-state index is 4.51. The van der Waals surface area contributed by atoms with E-state index in [1.54, 1.807) is 6.20 Å². The molecule has 1 N–H and O–H groups in total. The van der Waals surface area contributed by atoms with Gasteiger partial charge in [0.2, 0.25) is 5.95 Å². The molecule has 0 bridgehead atoms. The van der Waals surface area contributed by atoms with Gasteiger partial charge in [0.05, 0.1) is 24.3 Å². The van der Waals surface area contributed by atoms with Crippen molar-refractivity contribution in [3.05, 3.63) is 48.3 Å². The lowest BCUT2D eigenvalue weighted by atomic mass is 10.2. The third-order valence-electron chi connectivity index (χ3n) is 4.77. The van der Waals surface area contributed by atoms with Crippen LogP contribution in [0.5, 0.6) is 0 Å². The Balaban J connectivity index is 1.51. The second-order valence-corrected chi connectivity index (χ2v) is 6.45. The van der Waals surface area contributed by atoms with Crippen molar-refractivity contribution in [2.24, 2.45) is 0 Å². The molecular formula is C18H23N7. The zero-order chi connectivity index (χ0) is 17.1. The van der Waals surface area contributed by atoms with Crippen LogP contribution >= 0.6 is 0 Å². The van der Waals surface area contributed by atoms with Gasteiger partial charge in [-0.15, -0.1) is 10.2 Å². The number of pyridine rings is 1. The Kier molecular flexibility index (Phi) is 4.45. The highest BCUT2D eigenvalue weighted by Crippen LogP contribution is 2.29. The molecule has 0 spiro atoms. The highest BCUT2D eigenvalue weighted by molar-refractivity contribution is 5.50. The molecule has 0 unspecified atom stereocenters. The number of hydrogen-bond acceptors (Lipinski definition) is 5. The summed E-state index contributed by atoms with van der Waals surface area (Å²) in [5.41, 5.74) is 1.95. The highest BCUT2D eigenvalue weighted by Gasteiger charge is 2.18. The first-order valence-corrected chi connectivity index (χ1v) is 8.96. The highest BCUT2D eigenvalue weighted by atomic mass is 15.4. The number of anilines is 2. The summed E-state index contributed by atoms with van der Waals surface area (Å²) in [6, 6.07) is 6.46. The molecule has 7 heteroatoms. The van der Waals surface area contributed by atoms with Crippen molar-refractivity contribution in [1.29, 1.82) is 0 Å². The average Bonchev–Trinajstić information content (AvgIpc) is 3.37. The van der Waals surface area contributed by atoms with E-state index in [0.717, 1.165) is 29.7 Å². The first-order valence-electron chi connectivity index (χ1n) is 8.96. The molecule has 0 amide bonds. The zero-order valence-corrected chi connectivity index (χ0v) is 14.5. The summed E-state index contributed by atoms with van der Waals surface area (Å²) >= 11 is 0. The standard InChI is InChI=1S/C18H23N7/c1-2-24-17(11-14-7-5-6-10-19-14)22-23-18(24)21-15-12-20-25(13-15)16-8-3-4-9-16/h5-7,10,12-13,16H,2-4,8-9,11H2,1H3,(H,21,23). The van der Waals surface area contributed by atoms with E-state index in [1.165, 1.54) is 25.7 Å². The number of hydrogen-bond donors (Lipinski definition) is 1. The molecule has 0 atom stereocenters. The van der Waals surface area contributed by atoms with Gasteiger partial charge in [-0.25, -0.2) is 0 Å². The van der Waals surface area contributed by atoms with Crippen LogP contribution in [0.1, 0.15) is 50.2 Å². The second-order valence-electron chi connectivity index (χ2n) is 6.45. The number of aromatic nitrogens is 6. The third kappa shape index (κ3) is 3.40. The molecule has 1 aliphatic carbocycles. The topological polar surface area (TPSA) is 73.5 Å². The van der Waals surface area contributed by atoms with Crippen LogP contribution in [-0.2, 0) is 13.0 Å². The molecule has 7 nitrogen and oxygen atoms in total. The van der Waals surface area contributed by atoms with E-state index in [1.807, 2.05) is 24.4 Å². The molecule has 1 aliphatic rings. The van der Waals surface area contributed by atoms with Gasteiger partial charge in [0.1, 0.15) is 5.82 Å². The molecule has 3 heterocycles. The summed E-state index contributed by atoms with van der Waals surface area (Å²) in [6.45, 7) is 2.90. The van der Waals surface area contributed by atoms with Gasteiger partial charge in [-0.2, -0.15) is 5.10 Å². The van der Waals surface area contributed by atoms with Crippen LogP contribution in [0.4, 0.5) is 11.6 Å². The Morgan fingerprint density at radius 1 is 1.20 bits per heavy atom. The van der Waals surface area contributed by atoms with E-state index in [-0.39, 0.29) is 0 Å². The summed E-state index contributed by atoms with van der Waals surface area (Å²) in [5, 5.41) is 16.5. The minimum Gasteiger partial charge on any atom is -0.322 e. The maximum absolute atomic E-state index is 4.51. The van der Waals surface area contributed by atoms with Crippen molar-refractivity contribution in [2.75, 3.05) is 5.32 Å².